The number of halogens is 3. The SMILES string of the molecule is Cc1ccc(Nc2nc(CCCN)cc3c2CNC=C3)cc1C(F)(F)F. The molecule has 0 atom stereocenters. The molecule has 1 aromatic heterocycles. The maximum atomic E-state index is 13.2. The second kappa shape index (κ2) is 7.37. The summed E-state index contributed by atoms with van der Waals surface area (Å²) in [6.07, 6.45) is 0.930. The number of alkyl halides is 3. The number of hydrogen-bond acceptors (Lipinski definition) is 4. The van der Waals surface area contributed by atoms with Crippen LogP contribution < -0.4 is 16.4 Å². The van der Waals surface area contributed by atoms with E-state index in [4.69, 9.17) is 5.73 Å². The van der Waals surface area contributed by atoms with Gasteiger partial charge in [-0.25, -0.2) is 4.98 Å². The van der Waals surface area contributed by atoms with Gasteiger partial charge in [0, 0.05) is 23.5 Å². The van der Waals surface area contributed by atoms with Crippen molar-refractivity contribution in [2.45, 2.75) is 32.5 Å². The van der Waals surface area contributed by atoms with Gasteiger partial charge in [0.2, 0.25) is 0 Å². The molecular weight excluding hydrogens is 341 g/mol. The van der Waals surface area contributed by atoms with E-state index in [9.17, 15) is 13.2 Å². The minimum Gasteiger partial charge on any atom is -0.387 e. The van der Waals surface area contributed by atoms with Crippen molar-refractivity contribution in [3.63, 3.8) is 0 Å². The molecule has 0 aliphatic carbocycles. The summed E-state index contributed by atoms with van der Waals surface area (Å²) in [6, 6.07) is 6.23. The van der Waals surface area contributed by atoms with Crippen molar-refractivity contribution in [3.8, 4) is 0 Å². The maximum Gasteiger partial charge on any atom is 0.416 e. The molecular formula is C19H21F3N4. The molecule has 0 spiro atoms. The second-order valence-electron chi connectivity index (χ2n) is 6.29. The number of aryl methyl sites for hydroxylation is 2. The van der Waals surface area contributed by atoms with Gasteiger partial charge < -0.3 is 16.4 Å². The molecule has 138 valence electrons. The average Bonchev–Trinajstić information content (AvgIpc) is 2.60. The Balaban J connectivity index is 1.98. The molecule has 4 nitrogen and oxygen atoms in total. The molecule has 0 fully saturated rings. The van der Waals surface area contributed by atoms with E-state index in [2.05, 4.69) is 15.6 Å². The quantitative estimate of drug-likeness (QED) is 0.749. The summed E-state index contributed by atoms with van der Waals surface area (Å²) in [5.41, 5.74) is 8.29. The molecule has 1 aliphatic rings. The van der Waals surface area contributed by atoms with E-state index in [-0.39, 0.29) is 5.56 Å². The predicted molar refractivity (Wildman–Crippen MR) is 96.9 cm³/mol. The van der Waals surface area contributed by atoms with Crippen molar-refractivity contribution >= 4 is 17.6 Å². The van der Waals surface area contributed by atoms with Crippen LogP contribution in [0, 0.1) is 6.92 Å². The largest absolute Gasteiger partial charge is 0.416 e. The molecule has 26 heavy (non-hydrogen) atoms. The smallest absolute Gasteiger partial charge is 0.387 e. The van der Waals surface area contributed by atoms with Gasteiger partial charge in [-0.1, -0.05) is 6.07 Å². The Morgan fingerprint density at radius 3 is 2.81 bits per heavy atom. The van der Waals surface area contributed by atoms with Crippen molar-refractivity contribution in [2.75, 3.05) is 11.9 Å². The lowest BCUT2D eigenvalue weighted by Gasteiger charge is -2.19. The number of rotatable bonds is 5. The van der Waals surface area contributed by atoms with Crippen LogP contribution >= 0.6 is 0 Å². The molecule has 1 aliphatic heterocycles. The summed E-state index contributed by atoms with van der Waals surface area (Å²) in [6.45, 7) is 2.58. The second-order valence-corrected chi connectivity index (χ2v) is 6.29. The Labute approximate surface area is 150 Å². The Morgan fingerprint density at radius 1 is 1.27 bits per heavy atom. The molecule has 0 saturated carbocycles. The molecule has 0 radical (unpaired) electrons. The number of pyridine rings is 1. The summed E-state index contributed by atoms with van der Waals surface area (Å²) in [5, 5.41) is 6.19. The summed E-state index contributed by atoms with van der Waals surface area (Å²) in [4.78, 5) is 4.61. The normalized spacial score (nSPS) is 13.3. The molecule has 3 rings (SSSR count). The molecule has 0 amide bonds. The van der Waals surface area contributed by atoms with Gasteiger partial charge in [-0.2, -0.15) is 13.2 Å². The lowest BCUT2D eigenvalue weighted by atomic mass is 10.0. The van der Waals surface area contributed by atoms with Crippen LogP contribution in [-0.4, -0.2) is 11.5 Å². The van der Waals surface area contributed by atoms with Crippen LogP contribution in [0.3, 0.4) is 0 Å². The number of nitrogens with zero attached hydrogens (tertiary/aromatic N) is 1. The van der Waals surface area contributed by atoms with E-state index in [1.54, 1.807) is 6.07 Å². The van der Waals surface area contributed by atoms with Crippen molar-refractivity contribution in [3.05, 3.63) is 58.4 Å². The number of anilines is 2. The Kier molecular flexibility index (Phi) is 5.18. The summed E-state index contributed by atoms with van der Waals surface area (Å²) < 4.78 is 39.5. The lowest BCUT2D eigenvalue weighted by molar-refractivity contribution is -0.138. The van der Waals surface area contributed by atoms with Crippen LogP contribution in [0.25, 0.3) is 6.08 Å². The van der Waals surface area contributed by atoms with Gasteiger partial charge in [0.15, 0.2) is 0 Å². The monoisotopic (exact) mass is 362 g/mol. The molecule has 4 N–H and O–H groups in total. The number of nitrogens with one attached hydrogen (secondary N) is 2. The van der Waals surface area contributed by atoms with Gasteiger partial charge in [-0.05, 0) is 67.9 Å². The standard InChI is InChI=1S/C19H21F3N4/c1-12-4-5-15(10-17(12)19(20,21)22)26-18-16-11-24-8-6-13(16)9-14(25-18)3-2-7-23/h4-6,8-10,24H,2-3,7,11,23H2,1H3,(H,25,26). The minimum absolute atomic E-state index is 0.194. The van der Waals surface area contributed by atoms with Gasteiger partial charge in [0.1, 0.15) is 5.82 Å². The third-order valence-corrected chi connectivity index (χ3v) is 4.31. The number of nitrogens with two attached hydrogens (primary N) is 1. The first-order valence-electron chi connectivity index (χ1n) is 8.46. The van der Waals surface area contributed by atoms with E-state index >= 15 is 0 Å². The van der Waals surface area contributed by atoms with Crippen molar-refractivity contribution in [2.24, 2.45) is 5.73 Å². The Morgan fingerprint density at radius 2 is 2.08 bits per heavy atom. The molecule has 0 saturated heterocycles. The van der Waals surface area contributed by atoms with Crippen LogP contribution in [0.15, 0.2) is 30.5 Å². The highest BCUT2D eigenvalue weighted by Crippen LogP contribution is 2.34. The number of fused-ring (bicyclic) bond motifs is 1. The number of aromatic nitrogens is 1. The first kappa shape index (κ1) is 18.3. The molecule has 1 aromatic carbocycles. The fourth-order valence-corrected chi connectivity index (χ4v) is 2.95. The summed E-state index contributed by atoms with van der Waals surface area (Å²) in [7, 11) is 0. The Bertz CT molecular complexity index is 828. The summed E-state index contributed by atoms with van der Waals surface area (Å²) >= 11 is 0. The zero-order chi connectivity index (χ0) is 18.7. The van der Waals surface area contributed by atoms with E-state index in [1.807, 2.05) is 18.3 Å². The van der Waals surface area contributed by atoms with Crippen LogP contribution in [0.5, 0.6) is 0 Å². The highest BCUT2D eigenvalue weighted by molar-refractivity contribution is 5.68. The molecule has 7 heteroatoms. The van der Waals surface area contributed by atoms with E-state index in [0.717, 1.165) is 35.7 Å². The van der Waals surface area contributed by atoms with Crippen LogP contribution in [0.2, 0.25) is 0 Å². The average molecular weight is 362 g/mol. The van der Waals surface area contributed by atoms with Crippen molar-refractivity contribution < 1.29 is 13.2 Å². The third-order valence-electron chi connectivity index (χ3n) is 4.31. The van der Waals surface area contributed by atoms with E-state index in [1.165, 1.54) is 13.0 Å². The third kappa shape index (κ3) is 3.99. The molecule has 0 bridgehead atoms. The van der Waals surface area contributed by atoms with E-state index in [0.29, 0.717) is 24.6 Å². The molecule has 2 aromatic rings. The van der Waals surface area contributed by atoms with E-state index < -0.39 is 11.7 Å². The lowest BCUT2D eigenvalue weighted by Crippen LogP contribution is -2.15. The maximum absolute atomic E-state index is 13.2. The highest BCUT2D eigenvalue weighted by Gasteiger charge is 2.32. The number of benzene rings is 1. The zero-order valence-electron chi connectivity index (χ0n) is 14.5. The first-order chi connectivity index (χ1) is 12.4. The van der Waals surface area contributed by atoms with Crippen molar-refractivity contribution in [1.29, 1.82) is 0 Å². The molecule has 0 unspecified atom stereocenters. The topological polar surface area (TPSA) is 63.0 Å². The first-order valence-corrected chi connectivity index (χ1v) is 8.46. The molecule has 2 heterocycles. The minimum atomic E-state index is -4.39. The van der Waals surface area contributed by atoms with Gasteiger partial charge in [-0.3, -0.25) is 0 Å². The Hall–Kier alpha value is -2.54. The van der Waals surface area contributed by atoms with Crippen molar-refractivity contribution in [1.82, 2.24) is 10.3 Å². The van der Waals surface area contributed by atoms with Gasteiger partial charge in [0.05, 0.1) is 5.56 Å². The zero-order valence-corrected chi connectivity index (χ0v) is 14.5. The van der Waals surface area contributed by atoms with Gasteiger partial charge in [-0.15, -0.1) is 0 Å². The predicted octanol–water partition coefficient (Wildman–Crippen LogP) is 4.12. The number of hydrogen-bond donors (Lipinski definition) is 3. The van der Waals surface area contributed by atoms with Gasteiger partial charge >= 0.3 is 6.18 Å². The van der Waals surface area contributed by atoms with Crippen LogP contribution in [0.1, 0.15) is 34.4 Å². The highest BCUT2D eigenvalue weighted by atomic mass is 19.4. The fraction of sp³-hybridized carbons (Fsp3) is 0.316. The van der Waals surface area contributed by atoms with Crippen LogP contribution in [-0.2, 0) is 19.1 Å². The fourth-order valence-electron chi connectivity index (χ4n) is 2.95. The van der Waals surface area contributed by atoms with Crippen LogP contribution in [0.4, 0.5) is 24.7 Å². The van der Waals surface area contributed by atoms with Gasteiger partial charge in [0.25, 0.3) is 0 Å². The summed E-state index contributed by atoms with van der Waals surface area (Å²) in [5.74, 6) is 0.573.